The summed E-state index contributed by atoms with van der Waals surface area (Å²) in [6, 6.07) is 10.9. The lowest BCUT2D eigenvalue weighted by Crippen LogP contribution is -2.44. The molecule has 1 atom stereocenters. The number of halogens is 1. The molecule has 0 spiro atoms. The largest absolute Gasteiger partial charge is 0.465 e. The van der Waals surface area contributed by atoms with E-state index in [0.717, 1.165) is 11.5 Å². The molecule has 1 saturated heterocycles. The number of amides is 1. The molecule has 0 aliphatic carbocycles. The van der Waals surface area contributed by atoms with E-state index in [1.54, 1.807) is 19.1 Å². The Morgan fingerprint density at radius 3 is 2.62 bits per heavy atom. The monoisotopic (exact) mass is 440 g/mol. The highest BCUT2D eigenvalue weighted by Crippen LogP contribution is 2.23. The molecule has 0 radical (unpaired) electrons. The van der Waals surface area contributed by atoms with Crippen LogP contribution in [0.2, 0.25) is 0 Å². The molecule has 1 aliphatic heterocycles. The van der Waals surface area contributed by atoms with Crippen molar-refractivity contribution >= 4 is 5.91 Å². The molecule has 1 aliphatic rings. The summed E-state index contributed by atoms with van der Waals surface area (Å²) in [6.45, 7) is 6.30. The van der Waals surface area contributed by atoms with Gasteiger partial charge in [-0.05, 0) is 38.1 Å². The first-order valence-corrected chi connectivity index (χ1v) is 10.5. The van der Waals surface area contributed by atoms with E-state index in [4.69, 9.17) is 9.15 Å². The Kier molecular flexibility index (Phi) is 6.48. The standard InChI is InChI=1S/C23H25FN4O4/c1-15-13-20(29)22(26-28(15)18-6-4-3-5-17(18)24)23(30)25-14-19(21-8-7-16(2)32-21)27-9-11-31-12-10-27/h3-8,13,19H,9-12,14H2,1-2H3,(H,25,30)/t19-/m1/s1. The molecule has 3 aromatic rings. The van der Waals surface area contributed by atoms with Crippen molar-refractivity contribution in [1.29, 1.82) is 0 Å². The molecule has 2 aromatic heterocycles. The number of ether oxygens (including phenoxy) is 1. The summed E-state index contributed by atoms with van der Waals surface area (Å²) < 4.78 is 26.8. The van der Waals surface area contributed by atoms with Gasteiger partial charge in [-0.15, -0.1) is 0 Å². The van der Waals surface area contributed by atoms with Gasteiger partial charge in [0.1, 0.15) is 23.0 Å². The molecule has 9 heteroatoms. The minimum absolute atomic E-state index is 0.163. The molecule has 1 amide bonds. The Balaban J connectivity index is 1.58. The summed E-state index contributed by atoms with van der Waals surface area (Å²) in [5, 5.41) is 6.97. The molecular weight excluding hydrogens is 415 g/mol. The third-order valence-corrected chi connectivity index (χ3v) is 5.44. The number of nitrogens with zero attached hydrogens (tertiary/aromatic N) is 3. The van der Waals surface area contributed by atoms with Crippen LogP contribution in [0.15, 0.2) is 51.7 Å². The number of benzene rings is 1. The van der Waals surface area contributed by atoms with Crippen molar-refractivity contribution < 1.29 is 18.3 Å². The van der Waals surface area contributed by atoms with Gasteiger partial charge in [-0.1, -0.05) is 12.1 Å². The van der Waals surface area contributed by atoms with Crippen LogP contribution in [0.4, 0.5) is 4.39 Å². The Bertz CT molecular complexity index is 1170. The molecular formula is C23H25FN4O4. The zero-order chi connectivity index (χ0) is 22.7. The zero-order valence-electron chi connectivity index (χ0n) is 18.0. The number of aryl methyl sites for hydroxylation is 2. The van der Waals surface area contributed by atoms with Crippen molar-refractivity contribution in [3.63, 3.8) is 0 Å². The van der Waals surface area contributed by atoms with Crippen LogP contribution < -0.4 is 10.7 Å². The van der Waals surface area contributed by atoms with Crippen molar-refractivity contribution in [2.24, 2.45) is 0 Å². The second kappa shape index (κ2) is 9.46. The molecule has 168 valence electrons. The predicted molar refractivity (Wildman–Crippen MR) is 115 cm³/mol. The van der Waals surface area contributed by atoms with Gasteiger partial charge in [0.15, 0.2) is 5.69 Å². The number of morpholine rings is 1. The molecule has 1 aromatic carbocycles. The molecule has 8 nitrogen and oxygen atoms in total. The second-order valence-electron chi connectivity index (χ2n) is 7.68. The summed E-state index contributed by atoms with van der Waals surface area (Å²) in [4.78, 5) is 27.6. The number of aromatic nitrogens is 2. The number of hydrogen-bond acceptors (Lipinski definition) is 6. The van der Waals surface area contributed by atoms with Gasteiger partial charge in [0, 0.05) is 31.4 Å². The average molecular weight is 440 g/mol. The van der Waals surface area contributed by atoms with E-state index in [1.165, 1.54) is 22.9 Å². The van der Waals surface area contributed by atoms with E-state index in [1.807, 2.05) is 19.1 Å². The van der Waals surface area contributed by atoms with Gasteiger partial charge in [-0.2, -0.15) is 5.10 Å². The normalized spacial score (nSPS) is 15.5. The summed E-state index contributed by atoms with van der Waals surface area (Å²) in [5.74, 6) is 0.378. The number of furan rings is 1. The van der Waals surface area contributed by atoms with E-state index in [2.05, 4.69) is 15.3 Å². The number of carbonyl (C=O) groups excluding carboxylic acids is 1. The van der Waals surface area contributed by atoms with E-state index in [9.17, 15) is 14.0 Å². The summed E-state index contributed by atoms with van der Waals surface area (Å²) in [7, 11) is 0. The fraction of sp³-hybridized carbons (Fsp3) is 0.348. The minimum Gasteiger partial charge on any atom is -0.465 e. The lowest BCUT2D eigenvalue weighted by Gasteiger charge is -2.33. The van der Waals surface area contributed by atoms with Crippen LogP contribution >= 0.6 is 0 Å². The lowest BCUT2D eigenvalue weighted by molar-refractivity contribution is 0.0116. The molecule has 0 unspecified atom stereocenters. The fourth-order valence-corrected chi connectivity index (χ4v) is 3.78. The van der Waals surface area contributed by atoms with Crippen molar-refractivity contribution in [3.8, 4) is 5.69 Å². The zero-order valence-corrected chi connectivity index (χ0v) is 18.0. The molecule has 4 rings (SSSR count). The minimum atomic E-state index is -0.623. The molecule has 1 fully saturated rings. The van der Waals surface area contributed by atoms with Crippen molar-refractivity contribution in [2.75, 3.05) is 32.8 Å². The SMILES string of the molecule is Cc1ccc([C@@H](CNC(=O)c2nn(-c3ccccc3F)c(C)cc2=O)N2CCOCC2)o1. The Morgan fingerprint density at radius 1 is 1.19 bits per heavy atom. The Hall–Kier alpha value is -3.30. The maximum absolute atomic E-state index is 14.3. The highest BCUT2D eigenvalue weighted by atomic mass is 19.1. The van der Waals surface area contributed by atoms with Crippen molar-refractivity contribution in [2.45, 2.75) is 19.9 Å². The second-order valence-corrected chi connectivity index (χ2v) is 7.68. The van der Waals surface area contributed by atoms with Crippen molar-refractivity contribution in [3.05, 3.63) is 81.4 Å². The Labute approximate surface area is 184 Å². The van der Waals surface area contributed by atoms with Gasteiger partial charge in [0.05, 0.1) is 19.3 Å². The quantitative estimate of drug-likeness (QED) is 0.633. The van der Waals surface area contributed by atoms with Crippen LogP contribution in [0.25, 0.3) is 5.69 Å². The van der Waals surface area contributed by atoms with Crippen LogP contribution in [0.1, 0.15) is 33.7 Å². The molecule has 32 heavy (non-hydrogen) atoms. The van der Waals surface area contributed by atoms with E-state index in [-0.39, 0.29) is 24.0 Å². The topological polar surface area (TPSA) is 89.6 Å². The van der Waals surface area contributed by atoms with E-state index < -0.39 is 17.2 Å². The third kappa shape index (κ3) is 4.63. The highest BCUT2D eigenvalue weighted by molar-refractivity contribution is 5.92. The number of rotatable bonds is 6. The van der Waals surface area contributed by atoms with Crippen molar-refractivity contribution in [1.82, 2.24) is 20.0 Å². The summed E-state index contributed by atoms with van der Waals surface area (Å²) in [5.41, 5.74) is -0.232. The van der Waals surface area contributed by atoms with E-state index >= 15 is 0 Å². The molecule has 1 N–H and O–H groups in total. The van der Waals surface area contributed by atoms with E-state index in [0.29, 0.717) is 32.0 Å². The van der Waals surface area contributed by atoms with Gasteiger partial charge in [0.25, 0.3) is 5.91 Å². The number of carbonyl (C=O) groups is 1. The van der Waals surface area contributed by atoms with Gasteiger partial charge < -0.3 is 14.5 Å². The summed E-state index contributed by atoms with van der Waals surface area (Å²) in [6.07, 6.45) is 0. The smallest absolute Gasteiger partial charge is 0.275 e. The van der Waals surface area contributed by atoms with Gasteiger partial charge in [-0.25, -0.2) is 9.07 Å². The maximum Gasteiger partial charge on any atom is 0.275 e. The number of para-hydroxylation sites is 1. The highest BCUT2D eigenvalue weighted by Gasteiger charge is 2.26. The van der Waals surface area contributed by atoms with Crippen LogP contribution in [0, 0.1) is 19.7 Å². The first kappa shape index (κ1) is 21.9. The van der Waals surface area contributed by atoms with Crippen LogP contribution in [0.3, 0.4) is 0 Å². The molecule has 0 bridgehead atoms. The first-order valence-electron chi connectivity index (χ1n) is 10.5. The van der Waals surface area contributed by atoms with Gasteiger partial charge in [0.2, 0.25) is 5.43 Å². The molecule has 3 heterocycles. The van der Waals surface area contributed by atoms with Crippen LogP contribution in [-0.4, -0.2) is 53.4 Å². The average Bonchev–Trinajstić information content (AvgIpc) is 3.21. The molecule has 0 saturated carbocycles. The third-order valence-electron chi connectivity index (χ3n) is 5.44. The Morgan fingerprint density at radius 2 is 1.94 bits per heavy atom. The van der Waals surface area contributed by atoms with Crippen LogP contribution in [-0.2, 0) is 4.74 Å². The van der Waals surface area contributed by atoms with Gasteiger partial charge >= 0.3 is 0 Å². The number of nitrogens with one attached hydrogen (secondary N) is 1. The lowest BCUT2D eigenvalue weighted by atomic mass is 10.1. The maximum atomic E-state index is 14.3. The summed E-state index contributed by atoms with van der Waals surface area (Å²) >= 11 is 0. The fourth-order valence-electron chi connectivity index (χ4n) is 3.78. The number of hydrogen-bond donors (Lipinski definition) is 1. The van der Waals surface area contributed by atoms with Crippen LogP contribution in [0.5, 0.6) is 0 Å². The first-order chi connectivity index (χ1) is 15.4. The van der Waals surface area contributed by atoms with Gasteiger partial charge in [-0.3, -0.25) is 14.5 Å². The predicted octanol–water partition coefficient (Wildman–Crippen LogP) is 2.38.